The fraction of sp³-hybridized carbons (Fsp3) is 0.333. The molecule has 1 atom stereocenters. The number of rotatable bonds is 5. The predicted octanol–water partition coefficient (Wildman–Crippen LogP) is 3.75. The van der Waals surface area contributed by atoms with E-state index in [-0.39, 0.29) is 6.04 Å². The molecule has 0 aliphatic heterocycles. The molecule has 0 aliphatic rings. The summed E-state index contributed by atoms with van der Waals surface area (Å²) in [5.41, 5.74) is 7.16. The zero-order chi connectivity index (χ0) is 13.8. The van der Waals surface area contributed by atoms with Crippen LogP contribution in [0.4, 0.5) is 0 Å². The van der Waals surface area contributed by atoms with Crippen LogP contribution in [0.1, 0.15) is 30.0 Å². The molecule has 2 N–H and O–H groups in total. The number of methoxy groups -OCH3 is 1. The summed E-state index contributed by atoms with van der Waals surface area (Å²) in [6, 6.07) is 9.23. The van der Waals surface area contributed by atoms with Gasteiger partial charge in [-0.1, -0.05) is 18.5 Å². The van der Waals surface area contributed by atoms with Crippen molar-refractivity contribution in [2.45, 2.75) is 25.8 Å². The van der Waals surface area contributed by atoms with E-state index in [9.17, 15) is 0 Å². The largest absolute Gasteiger partial charge is 0.496 e. The van der Waals surface area contributed by atoms with E-state index in [1.807, 2.05) is 31.2 Å². The molecule has 1 heterocycles. The molecular weight excluding hydrogens is 262 g/mol. The molecule has 0 fully saturated rings. The molecule has 0 radical (unpaired) electrons. The minimum absolute atomic E-state index is 0.201. The number of furan rings is 1. The molecule has 0 bridgehead atoms. The third kappa shape index (κ3) is 3.31. The van der Waals surface area contributed by atoms with Gasteiger partial charge in [0.15, 0.2) is 0 Å². The zero-order valence-electron chi connectivity index (χ0n) is 11.2. The van der Waals surface area contributed by atoms with Crippen LogP contribution in [0.25, 0.3) is 0 Å². The second kappa shape index (κ2) is 6.13. The molecule has 19 heavy (non-hydrogen) atoms. The van der Waals surface area contributed by atoms with Crippen molar-refractivity contribution in [3.05, 3.63) is 52.4 Å². The van der Waals surface area contributed by atoms with E-state index in [4.69, 9.17) is 26.5 Å². The maximum Gasteiger partial charge on any atom is 0.122 e. The first-order chi connectivity index (χ1) is 9.13. The molecule has 3 nitrogen and oxygen atoms in total. The van der Waals surface area contributed by atoms with Gasteiger partial charge >= 0.3 is 0 Å². The van der Waals surface area contributed by atoms with Crippen molar-refractivity contribution < 1.29 is 9.15 Å². The van der Waals surface area contributed by atoms with Gasteiger partial charge in [0.25, 0.3) is 0 Å². The highest BCUT2D eigenvalue weighted by Gasteiger charge is 2.14. The summed E-state index contributed by atoms with van der Waals surface area (Å²) < 4.78 is 11.0. The summed E-state index contributed by atoms with van der Waals surface area (Å²) in [4.78, 5) is 0. The van der Waals surface area contributed by atoms with Crippen molar-refractivity contribution in [3.63, 3.8) is 0 Å². The number of halogens is 1. The molecule has 0 saturated carbocycles. The normalized spacial score (nSPS) is 12.4. The lowest BCUT2D eigenvalue weighted by atomic mass is 10.0. The quantitative estimate of drug-likeness (QED) is 0.907. The van der Waals surface area contributed by atoms with Gasteiger partial charge in [0, 0.05) is 11.4 Å². The van der Waals surface area contributed by atoms with Crippen LogP contribution in [0.15, 0.2) is 34.7 Å². The Morgan fingerprint density at radius 1 is 1.32 bits per heavy atom. The van der Waals surface area contributed by atoms with Gasteiger partial charge in [-0.25, -0.2) is 0 Å². The Bertz CT molecular complexity index is 551. The van der Waals surface area contributed by atoms with Crippen LogP contribution in [-0.4, -0.2) is 7.11 Å². The summed E-state index contributed by atoms with van der Waals surface area (Å²) in [6.07, 6.45) is 1.49. The van der Waals surface area contributed by atoms with Gasteiger partial charge in [0.05, 0.1) is 13.2 Å². The molecular formula is C15H18ClNO2. The van der Waals surface area contributed by atoms with Crippen LogP contribution < -0.4 is 10.5 Å². The Morgan fingerprint density at radius 2 is 2.11 bits per heavy atom. The summed E-state index contributed by atoms with van der Waals surface area (Å²) in [6.45, 7) is 2.05. The third-order valence-electron chi connectivity index (χ3n) is 3.08. The Hall–Kier alpha value is -1.45. The van der Waals surface area contributed by atoms with Gasteiger partial charge < -0.3 is 14.9 Å². The van der Waals surface area contributed by atoms with Gasteiger partial charge in [-0.05, 0) is 42.3 Å². The molecule has 1 aromatic carbocycles. The van der Waals surface area contributed by atoms with Crippen molar-refractivity contribution in [1.82, 2.24) is 0 Å². The molecule has 0 aliphatic carbocycles. The lowest BCUT2D eigenvalue weighted by molar-refractivity contribution is 0.402. The summed E-state index contributed by atoms with van der Waals surface area (Å²) >= 11 is 6.01. The van der Waals surface area contributed by atoms with Crippen molar-refractivity contribution in [1.29, 1.82) is 0 Å². The number of aryl methyl sites for hydroxylation is 1. The van der Waals surface area contributed by atoms with E-state index in [2.05, 4.69) is 0 Å². The Labute approximate surface area is 118 Å². The van der Waals surface area contributed by atoms with Crippen molar-refractivity contribution in [2.24, 2.45) is 5.73 Å². The van der Waals surface area contributed by atoms with Gasteiger partial charge in [0.2, 0.25) is 0 Å². The van der Waals surface area contributed by atoms with Crippen LogP contribution in [0.3, 0.4) is 0 Å². The van der Waals surface area contributed by atoms with Gasteiger partial charge in [-0.2, -0.15) is 0 Å². The van der Waals surface area contributed by atoms with Crippen molar-refractivity contribution >= 4 is 11.6 Å². The average molecular weight is 280 g/mol. The first-order valence-corrected chi connectivity index (χ1v) is 6.68. The highest BCUT2D eigenvalue weighted by Crippen LogP contribution is 2.27. The number of hydrogen-bond donors (Lipinski definition) is 1. The van der Waals surface area contributed by atoms with E-state index < -0.39 is 0 Å². The van der Waals surface area contributed by atoms with E-state index in [0.29, 0.717) is 11.4 Å². The average Bonchev–Trinajstić information content (AvgIpc) is 2.88. The van der Waals surface area contributed by atoms with Crippen LogP contribution in [0.2, 0.25) is 5.02 Å². The highest BCUT2D eigenvalue weighted by molar-refractivity contribution is 6.30. The van der Waals surface area contributed by atoms with Crippen molar-refractivity contribution in [3.8, 4) is 5.75 Å². The molecule has 1 aromatic heterocycles. The molecule has 2 rings (SSSR count). The molecule has 102 valence electrons. The first kappa shape index (κ1) is 14.0. The lowest BCUT2D eigenvalue weighted by Gasteiger charge is -2.13. The first-order valence-electron chi connectivity index (χ1n) is 6.30. The monoisotopic (exact) mass is 279 g/mol. The second-order valence-electron chi connectivity index (χ2n) is 4.42. The molecule has 0 spiro atoms. The van der Waals surface area contributed by atoms with Gasteiger partial charge in [0.1, 0.15) is 17.3 Å². The van der Waals surface area contributed by atoms with Gasteiger partial charge in [-0.15, -0.1) is 0 Å². The van der Waals surface area contributed by atoms with E-state index in [0.717, 1.165) is 29.3 Å². The summed E-state index contributed by atoms with van der Waals surface area (Å²) in [7, 11) is 1.64. The molecule has 0 saturated heterocycles. The smallest absolute Gasteiger partial charge is 0.122 e. The number of ether oxygens (including phenoxy) is 1. The molecule has 4 heteroatoms. The van der Waals surface area contributed by atoms with E-state index >= 15 is 0 Å². The minimum Gasteiger partial charge on any atom is -0.496 e. The Kier molecular flexibility index (Phi) is 4.51. The van der Waals surface area contributed by atoms with Crippen LogP contribution >= 0.6 is 11.6 Å². The fourth-order valence-electron chi connectivity index (χ4n) is 2.03. The standard InChI is InChI=1S/C15H18ClNO2/c1-3-12-5-7-15(19-12)13(17)9-10-8-11(16)4-6-14(10)18-2/h4-8,13H,3,9,17H2,1-2H3. The van der Waals surface area contributed by atoms with E-state index in [1.165, 1.54) is 0 Å². The molecule has 1 unspecified atom stereocenters. The third-order valence-corrected chi connectivity index (χ3v) is 3.31. The van der Waals surface area contributed by atoms with E-state index in [1.54, 1.807) is 13.2 Å². The lowest BCUT2D eigenvalue weighted by Crippen LogP contribution is -2.13. The molecule has 0 amide bonds. The fourth-order valence-corrected chi connectivity index (χ4v) is 2.22. The van der Waals surface area contributed by atoms with Crippen molar-refractivity contribution in [2.75, 3.05) is 7.11 Å². The Balaban J connectivity index is 2.18. The SMILES string of the molecule is CCc1ccc(C(N)Cc2cc(Cl)ccc2OC)o1. The second-order valence-corrected chi connectivity index (χ2v) is 4.86. The topological polar surface area (TPSA) is 48.4 Å². The summed E-state index contributed by atoms with van der Waals surface area (Å²) in [5, 5.41) is 0.677. The minimum atomic E-state index is -0.201. The Morgan fingerprint density at radius 3 is 2.74 bits per heavy atom. The maximum absolute atomic E-state index is 6.18. The van der Waals surface area contributed by atoms with Crippen LogP contribution in [0, 0.1) is 0 Å². The number of benzene rings is 1. The van der Waals surface area contributed by atoms with Crippen LogP contribution in [-0.2, 0) is 12.8 Å². The predicted molar refractivity (Wildman–Crippen MR) is 76.7 cm³/mol. The van der Waals surface area contributed by atoms with Gasteiger partial charge in [-0.3, -0.25) is 0 Å². The van der Waals surface area contributed by atoms with Crippen LogP contribution in [0.5, 0.6) is 5.75 Å². The zero-order valence-corrected chi connectivity index (χ0v) is 11.9. The highest BCUT2D eigenvalue weighted by atomic mass is 35.5. The number of nitrogens with two attached hydrogens (primary N) is 1. The number of hydrogen-bond acceptors (Lipinski definition) is 3. The maximum atomic E-state index is 6.18. The molecule has 2 aromatic rings. The summed E-state index contributed by atoms with van der Waals surface area (Å²) in [5.74, 6) is 2.53.